The Morgan fingerprint density at radius 2 is 1.22 bits per heavy atom. The fraction of sp³-hybridized carbons (Fsp3) is 0.421. The maximum Gasteiger partial charge on any atom is 0.407 e. The van der Waals surface area contributed by atoms with Crippen molar-refractivity contribution < 1.29 is 39.2 Å². The van der Waals surface area contributed by atoms with E-state index in [4.69, 9.17) is 0 Å². The number of benzene rings is 2. The van der Waals surface area contributed by atoms with Crippen molar-refractivity contribution in [2.75, 3.05) is 27.2 Å². The molecule has 6 atom stereocenters. The Bertz CT molecular complexity index is 1960. The molecule has 2 saturated heterocycles. The first-order chi connectivity index (χ1) is 25.9. The summed E-state index contributed by atoms with van der Waals surface area (Å²) in [4.78, 5) is 70.1. The Hall–Kier alpha value is -5.74. The maximum absolute atomic E-state index is 13.4. The van der Waals surface area contributed by atoms with Gasteiger partial charge in [0.15, 0.2) is 0 Å². The number of aliphatic hydroxyl groups is 2. The van der Waals surface area contributed by atoms with Crippen molar-refractivity contribution >= 4 is 24.0 Å². The van der Waals surface area contributed by atoms with Crippen LogP contribution in [0.1, 0.15) is 63.3 Å². The number of H-pyrrole nitrogens is 2. The summed E-state index contributed by atoms with van der Waals surface area (Å²) in [5.74, 6) is 0.374. The van der Waals surface area contributed by atoms with Gasteiger partial charge in [-0.05, 0) is 61.8 Å². The Labute approximate surface area is 312 Å². The van der Waals surface area contributed by atoms with E-state index in [9.17, 15) is 34.5 Å². The van der Waals surface area contributed by atoms with E-state index in [1.807, 2.05) is 48.5 Å². The number of alkyl carbamates (subject to hydrolysis) is 1. The van der Waals surface area contributed by atoms with Crippen molar-refractivity contribution in [2.24, 2.45) is 0 Å². The molecule has 2 aliphatic rings. The highest BCUT2D eigenvalue weighted by Crippen LogP contribution is 2.35. The number of carbonyl (C=O) groups is 4. The van der Waals surface area contributed by atoms with Crippen LogP contribution in [0.3, 0.4) is 0 Å². The second-order valence-electron chi connectivity index (χ2n) is 13.8. The number of likely N-dealkylation sites (tertiary alicyclic amines) is 2. The highest BCUT2D eigenvalue weighted by Gasteiger charge is 2.41. The summed E-state index contributed by atoms with van der Waals surface area (Å²) < 4.78 is 4.63. The summed E-state index contributed by atoms with van der Waals surface area (Å²) in [6.07, 6.45) is 1.92. The number of methoxy groups -OCH3 is 1. The van der Waals surface area contributed by atoms with Gasteiger partial charge < -0.3 is 45.1 Å². The molecule has 2 fully saturated rings. The molecule has 4 heterocycles. The molecule has 6 rings (SSSR count). The molecule has 16 heteroatoms. The lowest BCUT2D eigenvalue weighted by molar-refractivity contribution is -0.140. The van der Waals surface area contributed by atoms with Crippen LogP contribution in [0.2, 0.25) is 0 Å². The van der Waals surface area contributed by atoms with Gasteiger partial charge in [0.1, 0.15) is 23.7 Å². The van der Waals surface area contributed by atoms with E-state index in [1.54, 1.807) is 22.2 Å². The van der Waals surface area contributed by atoms with Crippen molar-refractivity contribution in [2.45, 2.75) is 75.9 Å². The largest absolute Gasteiger partial charge is 0.465 e. The third kappa shape index (κ3) is 7.79. The Morgan fingerprint density at radius 3 is 1.63 bits per heavy atom. The number of carbonyl (C=O) groups excluding carboxylic acids is 3. The lowest BCUT2D eigenvalue weighted by atomic mass is 10.0. The van der Waals surface area contributed by atoms with Gasteiger partial charge >= 0.3 is 12.2 Å². The first-order valence-electron chi connectivity index (χ1n) is 18.0. The van der Waals surface area contributed by atoms with Crippen LogP contribution < -0.4 is 5.32 Å². The smallest absolute Gasteiger partial charge is 0.407 e. The minimum atomic E-state index is -1.29. The van der Waals surface area contributed by atoms with Gasteiger partial charge in [-0.15, -0.1) is 0 Å². The van der Waals surface area contributed by atoms with Crippen LogP contribution in [-0.2, 0) is 14.3 Å². The number of nitrogens with one attached hydrogen (secondary N) is 3. The minimum Gasteiger partial charge on any atom is -0.465 e. The maximum atomic E-state index is 13.4. The van der Waals surface area contributed by atoms with Gasteiger partial charge in [-0.1, -0.05) is 48.5 Å². The van der Waals surface area contributed by atoms with Crippen LogP contribution in [0.5, 0.6) is 0 Å². The number of ether oxygens (including phenoxy) is 1. The summed E-state index contributed by atoms with van der Waals surface area (Å²) in [5.41, 5.74) is 5.39. The number of aliphatic hydroxyl groups excluding tert-OH is 2. The van der Waals surface area contributed by atoms with Gasteiger partial charge in [-0.25, -0.2) is 19.6 Å². The van der Waals surface area contributed by atoms with E-state index < -0.39 is 48.3 Å². The summed E-state index contributed by atoms with van der Waals surface area (Å²) in [6, 6.07) is 13.0. The van der Waals surface area contributed by atoms with Crippen LogP contribution in [-0.4, -0.2) is 125 Å². The quantitative estimate of drug-likeness (QED) is 0.130. The topological polar surface area (TPSA) is 217 Å². The molecule has 2 aliphatic heterocycles. The van der Waals surface area contributed by atoms with Crippen molar-refractivity contribution in [3.63, 3.8) is 0 Å². The molecule has 0 radical (unpaired) electrons. The molecule has 2 aromatic heterocycles. The van der Waals surface area contributed by atoms with E-state index in [2.05, 4.69) is 30.0 Å². The number of hydrogen-bond donors (Lipinski definition) is 6. The summed E-state index contributed by atoms with van der Waals surface area (Å²) in [5, 5.41) is 32.3. The monoisotopic (exact) mass is 742 g/mol. The Morgan fingerprint density at radius 1 is 0.778 bits per heavy atom. The van der Waals surface area contributed by atoms with E-state index in [1.165, 1.54) is 28.0 Å². The van der Waals surface area contributed by atoms with Gasteiger partial charge in [0, 0.05) is 20.1 Å². The zero-order valence-electron chi connectivity index (χ0n) is 30.6. The standard InChI is InChI=1S/C38H46N8O8/c1-21(47)31(43-37(51)54-4)35(49)45-17-5-7-29(45)33-39-19-27(41-33)25-13-9-23(10-14-25)24-11-15-26(16-12-24)28-20-40-34(42-28)30-8-6-18-46(30)36(50)32(22(2)48)44(3)38(52)53/h9-16,19-22,29-32,47-48H,5-8,17-18H2,1-4H3,(H,39,41)(H,40,42)(H,43,51)(H,52,53)/t21-,22-,29-,30-,31-,32-/m0/s1. The van der Waals surface area contributed by atoms with Gasteiger partial charge in [0.25, 0.3) is 0 Å². The highest BCUT2D eigenvalue weighted by molar-refractivity contribution is 5.87. The summed E-state index contributed by atoms with van der Waals surface area (Å²) in [6.45, 7) is 3.77. The summed E-state index contributed by atoms with van der Waals surface area (Å²) >= 11 is 0. The van der Waals surface area contributed by atoms with E-state index in [0.717, 1.165) is 51.4 Å². The van der Waals surface area contributed by atoms with Crippen LogP contribution in [0.4, 0.5) is 9.59 Å². The Balaban J connectivity index is 1.11. The number of hydrogen-bond acceptors (Lipinski definition) is 9. The normalized spacial score (nSPS) is 19.2. The fourth-order valence-electron chi connectivity index (χ4n) is 7.36. The molecular weight excluding hydrogens is 696 g/mol. The number of rotatable bonds is 11. The van der Waals surface area contributed by atoms with Crippen molar-refractivity contribution in [3.8, 4) is 33.6 Å². The number of imidazole rings is 2. The molecule has 0 spiro atoms. The van der Waals surface area contributed by atoms with E-state index >= 15 is 0 Å². The highest BCUT2D eigenvalue weighted by atomic mass is 16.5. The Kier molecular flexibility index (Phi) is 11.3. The van der Waals surface area contributed by atoms with Gasteiger partial charge in [0.05, 0.1) is 55.2 Å². The van der Waals surface area contributed by atoms with Crippen molar-refractivity contribution in [3.05, 3.63) is 72.6 Å². The average molecular weight is 743 g/mol. The number of aromatic nitrogens is 4. The first-order valence-corrected chi connectivity index (χ1v) is 18.0. The molecule has 4 aromatic rings. The third-order valence-corrected chi connectivity index (χ3v) is 10.3. The van der Waals surface area contributed by atoms with Gasteiger partial charge in [-0.2, -0.15) is 0 Å². The summed E-state index contributed by atoms with van der Waals surface area (Å²) in [7, 11) is 2.48. The van der Waals surface area contributed by atoms with Crippen molar-refractivity contribution in [1.29, 1.82) is 0 Å². The molecule has 6 N–H and O–H groups in total. The van der Waals surface area contributed by atoms with E-state index in [0.29, 0.717) is 37.6 Å². The second-order valence-corrected chi connectivity index (χ2v) is 13.8. The molecule has 16 nitrogen and oxygen atoms in total. The number of likely N-dealkylation sites (N-methyl/N-ethyl adjacent to an activating group) is 1. The molecule has 4 amide bonds. The van der Waals surface area contributed by atoms with Crippen LogP contribution >= 0.6 is 0 Å². The predicted molar refractivity (Wildman–Crippen MR) is 197 cm³/mol. The van der Waals surface area contributed by atoms with Crippen molar-refractivity contribution in [1.82, 2.24) is 40.0 Å². The molecule has 0 unspecified atom stereocenters. The fourth-order valence-corrected chi connectivity index (χ4v) is 7.36. The molecule has 0 aliphatic carbocycles. The number of amides is 4. The second kappa shape index (κ2) is 16.1. The van der Waals surface area contributed by atoms with Gasteiger partial charge in [0.2, 0.25) is 11.8 Å². The van der Waals surface area contributed by atoms with Gasteiger partial charge in [-0.3, -0.25) is 14.5 Å². The predicted octanol–water partition coefficient (Wildman–Crippen LogP) is 3.93. The molecular formula is C38H46N8O8. The zero-order valence-corrected chi connectivity index (χ0v) is 30.6. The number of nitrogens with zero attached hydrogens (tertiary/aromatic N) is 5. The van der Waals surface area contributed by atoms with Crippen LogP contribution in [0.25, 0.3) is 33.6 Å². The lowest BCUT2D eigenvalue weighted by Crippen LogP contribution is -2.53. The number of carboxylic acid groups (broad SMARTS) is 1. The molecule has 54 heavy (non-hydrogen) atoms. The first kappa shape index (κ1) is 38.0. The van der Waals surface area contributed by atoms with Crippen LogP contribution in [0.15, 0.2) is 60.9 Å². The lowest BCUT2D eigenvalue weighted by Gasteiger charge is -2.33. The zero-order chi connectivity index (χ0) is 38.7. The molecule has 0 saturated carbocycles. The van der Waals surface area contributed by atoms with E-state index in [-0.39, 0.29) is 12.1 Å². The van der Waals surface area contributed by atoms with Crippen LogP contribution in [0, 0.1) is 0 Å². The molecule has 0 bridgehead atoms. The number of aromatic amines is 2. The SMILES string of the molecule is COC(=O)N[C@H](C(=O)N1CCC[C@H]1c1ncc(-c2ccc(-c3ccc(-c4cnc([C@@H]5CCCN5C(=O)[C@H]([C@H](C)O)N(C)C(=O)O)[nH]4)cc3)cc2)[nH]1)[C@H](C)O. The molecule has 2 aromatic carbocycles. The molecule has 286 valence electrons. The average Bonchev–Trinajstić information content (AvgIpc) is 4.00. The minimum absolute atomic E-state index is 0.330. The third-order valence-electron chi connectivity index (χ3n) is 10.3.